The second kappa shape index (κ2) is 5.97. The first-order valence-electron chi connectivity index (χ1n) is 6.27. The third-order valence-corrected chi connectivity index (χ3v) is 3.22. The lowest BCUT2D eigenvalue weighted by Crippen LogP contribution is -2.27. The van der Waals surface area contributed by atoms with Gasteiger partial charge in [-0.2, -0.15) is 0 Å². The van der Waals surface area contributed by atoms with Crippen molar-refractivity contribution in [1.82, 2.24) is 4.57 Å². The van der Waals surface area contributed by atoms with Gasteiger partial charge in [-0.1, -0.05) is 35.9 Å². The van der Waals surface area contributed by atoms with E-state index in [9.17, 15) is 9.59 Å². The molecular formula is C16H14ClNO3. The summed E-state index contributed by atoms with van der Waals surface area (Å²) < 4.78 is 1.41. The fourth-order valence-electron chi connectivity index (χ4n) is 2.04. The molecule has 0 spiro atoms. The molecule has 0 radical (unpaired) electrons. The van der Waals surface area contributed by atoms with E-state index in [0.29, 0.717) is 10.7 Å². The second-order valence-corrected chi connectivity index (χ2v) is 5.23. The van der Waals surface area contributed by atoms with Gasteiger partial charge in [-0.15, -0.1) is 0 Å². The van der Waals surface area contributed by atoms with E-state index in [1.54, 1.807) is 37.3 Å². The van der Waals surface area contributed by atoms with Crippen molar-refractivity contribution in [2.24, 2.45) is 0 Å². The Hall–Kier alpha value is -2.33. The van der Waals surface area contributed by atoms with Gasteiger partial charge >= 0.3 is 5.97 Å². The lowest BCUT2D eigenvalue weighted by atomic mass is 10.1. The molecule has 5 heteroatoms. The molecule has 21 heavy (non-hydrogen) atoms. The van der Waals surface area contributed by atoms with Gasteiger partial charge in [-0.05, 0) is 36.8 Å². The fourth-order valence-corrected chi connectivity index (χ4v) is 2.17. The number of benzene rings is 1. The number of aromatic carboxylic acids is 1. The van der Waals surface area contributed by atoms with E-state index in [1.165, 1.54) is 10.6 Å². The van der Waals surface area contributed by atoms with Crippen molar-refractivity contribution in [3.63, 3.8) is 0 Å². The van der Waals surface area contributed by atoms with Gasteiger partial charge < -0.3 is 9.67 Å². The highest BCUT2D eigenvalue weighted by molar-refractivity contribution is 6.30. The van der Waals surface area contributed by atoms with Crippen LogP contribution in [0.3, 0.4) is 0 Å². The zero-order valence-electron chi connectivity index (χ0n) is 11.5. The van der Waals surface area contributed by atoms with E-state index in [4.69, 9.17) is 16.7 Å². The van der Waals surface area contributed by atoms with Gasteiger partial charge in [0.2, 0.25) is 0 Å². The number of nitrogens with zero attached hydrogens (tertiary/aromatic N) is 1. The number of carbonyl (C=O) groups is 1. The van der Waals surface area contributed by atoms with Gasteiger partial charge in [0, 0.05) is 11.6 Å². The van der Waals surface area contributed by atoms with Crippen molar-refractivity contribution < 1.29 is 9.90 Å². The molecule has 1 N–H and O–H groups in total. The molecule has 1 aromatic carbocycles. The van der Waals surface area contributed by atoms with E-state index in [2.05, 4.69) is 6.58 Å². The van der Waals surface area contributed by atoms with Crippen LogP contribution in [0.2, 0.25) is 5.02 Å². The van der Waals surface area contributed by atoms with Crippen molar-refractivity contribution in [3.05, 3.63) is 69.5 Å². The van der Waals surface area contributed by atoms with E-state index < -0.39 is 11.5 Å². The van der Waals surface area contributed by atoms with Crippen LogP contribution in [0.5, 0.6) is 0 Å². The van der Waals surface area contributed by atoms with E-state index >= 15 is 0 Å². The predicted molar refractivity (Wildman–Crippen MR) is 82.9 cm³/mol. The summed E-state index contributed by atoms with van der Waals surface area (Å²) in [6.07, 6.45) is 0. The molecule has 0 aliphatic heterocycles. The van der Waals surface area contributed by atoms with Crippen LogP contribution in [0, 0.1) is 0 Å². The third kappa shape index (κ3) is 3.23. The first-order chi connectivity index (χ1) is 9.90. The molecule has 0 saturated carbocycles. The Balaban J connectivity index is 2.68. The quantitative estimate of drug-likeness (QED) is 0.880. The molecule has 0 fully saturated rings. The topological polar surface area (TPSA) is 59.3 Å². The number of carboxylic acid groups (broad SMARTS) is 1. The molecule has 1 heterocycles. The number of pyridine rings is 1. The summed E-state index contributed by atoms with van der Waals surface area (Å²) in [7, 11) is 0. The number of rotatable bonds is 4. The summed E-state index contributed by atoms with van der Waals surface area (Å²) in [6, 6.07) is 9.95. The summed E-state index contributed by atoms with van der Waals surface area (Å²) in [4.78, 5) is 23.4. The molecular weight excluding hydrogens is 290 g/mol. The lowest BCUT2D eigenvalue weighted by molar-refractivity contribution is 0.0694. The first kappa shape index (κ1) is 15.1. The minimum Gasteiger partial charge on any atom is -0.477 e. The van der Waals surface area contributed by atoms with Crippen LogP contribution >= 0.6 is 11.6 Å². The molecule has 0 atom stereocenters. The molecule has 0 bridgehead atoms. The van der Waals surface area contributed by atoms with Crippen LogP contribution in [0.1, 0.15) is 17.3 Å². The average Bonchev–Trinajstić information content (AvgIpc) is 2.41. The van der Waals surface area contributed by atoms with Crippen molar-refractivity contribution >= 4 is 17.6 Å². The maximum Gasteiger partial charge on any atom is 0.341 e. The van der Waals surface area contributed by atoms with Crippen LogP contribution in [0.25, 0.3) is 11.3 Å². The minimum atomic E-state index is -1.24. The number of carboxylic acids is 1. The Morgan fingerprint density at radius 1 is 1.24 bits per heavy atom. The van der Waals surface area contributed by atoms with Crippen molar-refractivity contribution in [2.75, 3.05) is 0 Å². The zero-order valence-corrected chi connectivity index (χ0v) is 12.2. The standard InChI is InChI=1S/C16H14ClNO3/c1-10(2)9-18-14(11-3-5-12(17)6-4-11)8-7-13(15(18)19)16(20)21/h3-8H,1,9H2,2H3,(H,20,21). The molecule has 1 aromatic heterocycles. The maximum atomic E-state index is 12.3. The highest BCUT2D eigenvalue weighted by atomic mass is 35.5. The SMILES string of the molecule is C=C(C)Cn1c(-c2ccc(Cl)cc2)ccc(C(=O)O)c1=O. The zero-order chi connectivity index (χ0) is 15.6. The van der Waals surface area contributed by atoms with Gasteiger partial charge in [-0.25, -0.2) is 4.79 Å². The molecule has 108 valence electrons. The Labute approximate surface area is 126 Å². The molecule has 0 aliphatic rings. The summed E-state index contributed by atoms with van der Waals surface area (Å²) >= 11 is 5.86. The van der Waals surface area contributed by atoms with E-state index in [0.717, 1.165) is 11.1 Å². The Kier molecular flexibility index (Phi) is 4.29. The second-order valence-electron chi connectivity index (χ2n) is 4.79. The summed E-state index contributed by atoms with van der Waals surface area (Å²) in [5.74, 6) is -1.24. The smallest absolute Gasteiger partial charge is 0.341 e. The van der Waals surface area contributed by atoms with Gasteiger partial charge in [-0.3, -0.25) is 4.79 Å². The Morgan fingerprint density at radius 3 is 2.38 bits per heavy atom. The van der Waals surface area contributed by atoms with Gasteiger partial charge in [0.05, 0.1) is 5.69 Å². The summed E-state index contributed by atoms with van der Waals surface area (Å²) in [6.45, 7) is 5.83. The van der Waals surface area contributed by atoms with Crippen LogP contribution in [0.4, 0.5) is 0 Å². The van der Waals surface area contributed by atoms with Gasteiger partial charge in [0.1, 0.15) is 5.56 Å². The molecule has 0 amide bonds. The molecule has 4 nitrogen and oxygen atoms in total. The number of aromatic nitrogens is 1. The molecule has 2 rings (SSSR count). The number of hydrogen-bond donors (Lipinski definition) is 1. The van der Waals surface area contributed by atoms with Crippen LogP contribution in [-0.4, -0.2) is 15.6 Å². The maximum absolute atomic E-state index is 12.3. The molecule has 2 aromatic rings. The molecule has 0 aliphatic carbocycles. The van der Waals surface area contributed by atoms with Crippen molar-refractivity contribution in [3.8, 4) is 11.3 Å². The van der Waals surface area contributed by atoms with Gasteiger partial charge in [0.15, 0.2) is 0 Å². The van der Waals surface area contributed by atoms with Crippen LogP contribution in [0.15, 0.2) is 53.3 Å². The average molecular weight is 304 g/mol. The Morgan fingerprint density at radius 2 is 1.86 bits per heavy atom. The van der Waals surface area contributed by atoms with E-state index in [1.807, 2.05) is 0 Å². The minimum absolute atomic E-state index is 0.256. The largest absolute Gasteiger partial charge is 0.477 e. The number of halogens is 1. The third-order valence-electron chi connectivity index (χ3n) is 2.97. The van der Waals surface area contributed by atoms with E-state index in [-0.39, 0.29) is 12.1 Å². The van der Waals surface area contributed by atoms with Crippen LogP contribution < -0.4 is 5.56 Å². The first-order valence-corrected chi connectivity index (χ1v) is 6.65. The van der Waals surface area contributed by atoms with Gasteiger partial charge in [0.25, 0.3) is 5.56 Å². The lowest BCUT2D eigenvalue weighted by Gasteiger charge is -2.14. The highest BCUT2D eigenvalue weighted by Crippen LogP contribution is 2.21. The number of allylic oxidation sites excluding steroid dienone is 1. The molecule has 0 saturated heterocycles. The Bertz CT molecular complexity index is 760. The normalized spacial score (nSPS) is 10.4. The fraction of sp³-hybridized carbons (Fsp3) is 0.125. The van der Waals surface area contributed by atoms with Crippen molar-refractivity contribution in [1.29, 1.82) is 0 Å². The summed E-state index contributed by atoms with van der Waals surface area (Å²) in [5.41, 5.74) is 1.38. The predicted octanol–water partition coefficient (Wildman–Crippen LogP) is 3.44. The molecule has 0 unspecified atom stereocenters. The monoisotopic (exact) mass is 303 g/mol. The van der Waals surface area contributed by atoms with Crippen molar-refractivity contribution in [2.45, 2.75) is 13.5 Å². The van der Waals surface area contributed by atoms with Crippen LogP contribution in [-0.2, 0) is 6.54 Å². The summed E-state index contributed by atoms with van der Waals surface area (Å²) in [5, 5.41) is 9.66. The highest BCUT2D eigenvalue weighted by Gasteiger charge is 2.15. The number of hydrogen-bond acceptors (Lipinski definition) is 2.